The van der Waals surface area contributed by atoms with Crippen molar-refractivity contribution >= 4 is 25.8 Å². The fourth-order valence-electron chi connectivity index (χ4n) is 3.02. The number of sulfone groups is 1. The zero-order chi connectivity index (χ0) is 17.1. The molecule has 1 unspecified atom stereocenters. The molecule has 0 aromatic carbocycles. The second kappa shape index (κ2) is 7.45. The summed E-state index contributed by atoms with van der Waals surface area (Å²) < 4.78 is 53.3. The van der Waals surface area contributed by atoms with E-state index in [4.69, 9.17) is 4.74 Å². The van der Waals surface area contributed by atoms with Crippen molar-refractivity contribution in [3.05, 3.63) is 0 Å². The van der Waals surface area contributed by atoms with Gasteiger partial charge in [0, 0.05) is 38.3 Å². The van der Waals surface area contributed by atoms with Crippen molar-refractivity contribution in [2.45, 2.75) is 25.3 Å². The lowest BCUT2D eigenvalue weighted by Crippen LogP contribution is -2.45. The van der Waals surface area contributed by atoms with Gasteiger partial charge in [-0.3, -0.25) is 4.79 Å². The number of hydrogen-bond acceptors (Lipinski definition) is 6. The van der Waals surface area contributed by atoms with Gasteiger partial charge in [0.05, 0.1) is 17.8 Å². The Balaban J connectivity index is 1.88. The number of nitrogens with one attached hydrogen (secondary N) is 1. The van der Waals surface area contributed by atoms with Gasteiger partial charge in [0.25, 0.3) is 0 Å². The predicted molar refractivity (Wildman–Crippen MR) is 85.2 cm³/mol. The van der Waals surface area contributed by atoms with Crippen molar-refractivity contribution in [2.24, 2.45) is 5.92 Å². The molecule has 0 aliphatic carbocycles. The van der Waals surface area contributed by atoms with Crippen molar-refractivity contribution < 1.29 is 26.4 Å². The maximum absolute atomic E-state index is 12.0. The first-order chi connectivity index (χ1) is 10.7. The molecule has 1 N–H and O–H groups in total. The molecule has 0 bridgehead atoms. The number of sulfonamides is 1. The van der Waals surface area contributed by atoms with E-state index in [9.17, 15) is 21.6 Å². The minimum atomic E-state index is -3.52. The molecule has 2 heterocycles. The third-order valence-corrected chi connectivity index (χ3v) is 7.35. The van der Waals surface area contributed by atoms with Crippen LogP contribution in [-0.2, 0) is 29.4 Å². The second-order valence-electron chi connectivity index (χ2n) is 6.11. The molecular formula is C13H24N2O6S2. The van der Waals surface area contributed by atoms with Crippen LogP contribution in [0.15, 0.2) is 0 Å². The van der Waals surface area contributed by atoms with Gasteiger partial charge in [-0.1, -0.05) is 0 Å². The van der Waals surface area contributed by atoms with Gasteiger partial charge in [-0.25, -0.2) is 16.8 Å². The predicted octanol–water partition coefficient (Wildman–Crippen LogP) is -1.02. The van der Waals surface area contributed by atoms with Gasteiger partial charge >= 0.3 is 0 Å². The Labute approximate surface area is 137 Å². The molecule has 2 rings (SSSR count). The number of amides is 1. The van der Waals surface area contributed by atoms with Crippen molar-refractivity contribution in [2.75, 3.05) is 44.1 Å². The van der Waals surface area contributed by atoms with Gasteiger partial charge in [-0.15, -0.1) is 0 Å². The Morgan fingerprint density at radius 1 is 1.26 bits per heavy atom. The van der Waals surface area contributed by atoms with Crippen molar-refractivity contribution in [1.82, 2.24) is 9.62 Å². The highest BCUT2D eigenvalue weighted by atomic mass is 32.2. The summed E-state index contributed by atoms with van der Waals surface area (Å²) in [5.41, 5.74) is 0. The van der Waals surface area contributed by atoms with Crippen LogP contribution in [0.5, 0.6) is 0 Å². The fourth-order valence-corrected chi connectivity index (χ4v) is 5.98. The van der Waals surface area contributed by atoms with E-state index in [1.165, 1.54) is 4.31 Å². The van der Waals surface area contributed by atoms with E-state index in [0.717, 1.165) is 6.26 Å². The van der Waals surface area contributed by atoms with Gasteiger partial charge in [0.2, 0.25) is 15.9 Å². The van der Waals surface area contributed by atoms with Crippen LogP contribution in [0.1, 0.15) is 19.3 Å². The Hall–Kier alpha value is -0.710. The molecule has 2 aliphatic rings. The normalized spacial score (nSPS) is 25.6. The minimum absolute atomic E-state index is 0.0120. The third-order valence-electron chi connectivity index (χ3n) is 4.27. The standard InChI is InChI=1S/C13H24N2O6S2/c1-22(17,18)15(12-4-9-23(19,20)10-12)6-5-14-13(16)11-2-7-21-8-3-11/h11-12H,2-10H2,1H3,(H,14,16). The zero-order valence-electron chi connectivity index (χ0n) is 13.2. The second-order valence-corrected chi connectivity index (χ2v) is 10.3. The zero-order valence-corrected chi connectivity index (χ0v) is 14.9. The molecule has 0 saturated carbocycles. The molecular weight excluding hydrogens is 344 g/mol. The topological polar surface area (TPSA) is 110 Å². The van der Waals surface area contributed by atoms with E-state index in [2.05, 4.69) is 5.32 Å². The monoisotopic (exact) mass is 368 g/mol. The average Bonchev–Trinajstić information content (AvgIpc) is 2.82. The summed E-state index contributed by atoms with van der Waals surface area (Å²) in [5, 5.41) is 2.75. The maximum atomic E-state index is 12.0. The molecule has 1 atom stereocenters. The van der Waals surface area contributed by atoms with Gasteiger partial charge < -0.3 is 10.1 Å². The van der Waals surface area contributed by atoms with Crippen LogP contribution in [-0.4, -0.2) is 77.2 Å². The lowest BCUT2D eigenvalue weighted by molar-refractivity contribution is -0.127. The Kier molecular flexibility index (Phi) is 6.04. The van der Waals surface area contributed by atoms with Crippen LogP contribution in [0.4, 0.5) is 0 Å². The molecule has 2 saturated heterocycles. The van der Waals surface area contributed by atoms with Crippen molar-refractivity contribution in [1.29, 1.82) is 0 Å². The average molecular weight is 368 g/mol. The number of rotatable bonds is 6. The molecule has 134 valence electrons. The smallest absolute Gasteiger partial charge is 0.223 e. The first-order valence-corrected chi connectivity index (χ1v) is 11.4. The lowest BCUT2D eigenvalue weighted by Gasteiger charge is -2.26. The lowest BCUT2D eigenvalue weighted by atomic mass is 9.99. The summed E-state index contributed by atoms with van der Waals surface area (Å²) in [4.78, 5) is 12.0. The SMILES string of the molecule is CS(=O)(=O)N(CCNC(=O)C1CCOCC1)C1CCS(=O)(=O)C1. The quantitative estimate of drug-likeness (QED) is 0.642. The molecule has 23 heavy (non-hydrogen) atoms. The third kappa shape index (κ3) is 5.40. The number of carbonyl (C=O) groups excluding carboxylic acids is 1. The van der Waals surface area contributed by atoms with Gasteiger partial charge in [0.1, 0.15) is 0 Å². The van der Waals surface area contributed by atoms with Crippen LogP contribution >= 0.6 is 0 Å². The molecule has 8 nitrogen and oxygen atoms in total. The highest BCUT2D eigenvalue weighted by Crippen LogP contribution is 2.20. The molecule has 0 radical (unpaired) electrons. The van der Waals surface area contributed by atoms with Gasteiger partial charge in [0.15, 0.2) is 9.84 Å². The maximum Gasteiger partial charge on any atom is 0.223 e. The largest absolute Gasteiger partial charge is 0.381 e. The van der Waals surface area contributed by atoms with Crippen molar-refractivity contribution in [3.8, 4) is 0 Å². The number of ether oxygens (including phenoxy) is 1. The summed E-state index contributed by atoms with van der Waals surface area (Å²) >= 11 is 0. The van der Waals surface area contributed by atoms with E-state index in [1.807, 2.05) is 0 Å². The summed E-state index contributed by atoms with van der Waals surface area (Å²) in [7, 11) is -6.69. The highest BCUT2D eigenvalue weighted by Gasteiger charge is 2.36. The van der Waals surface area contributed by atoms with Gasteiger partial charge in [-0.2, -0.15) is 4.31 Å². The molecule has 10 heteroatoms. The summed E-state index contributed by atoms with van der Waals surface area (Å²) in [6.45, 7) is 1.40. The minimum Gasteiger partial charge on any atom is -0.381 e. The van der Waals surface area contributed by atoms with E-state index < -0.39 is 25.9 Å². The van der Waals surface area contributed by atoms with Crippen LogP contribution < -0.4 is 5.32 Å². The number of nitrogens with zero attached hydrogens (tertiary/aromatic N) is 1. The fraction of sp³-hybridized carbons (Fsp3) is 0.923. The molecule has 0 aromatic heterocycles. The molecule has 2 aliphatic heterocycles. The summed E-state index contributed by atoms with van der Waals surface area (Å²) in [5.74, 6) is -0.324. The first-order valence-electron chi connectivity index (χ1n) is 7.72. The molecule has 2 fully saturated rings. The Morgan fingerprint density at radius 2 is 1.91 bits per heavy atom. The van der Waals surface area contributed by atoms with Crippen LogP contribution in [0.2, 0.25) is 0 Å². The number of hydrogen-bond donors (Lipinski definition) is 1. The van der Waals surface area contributed by atoms with Crippen molar-refractivity contribution in [3.63, 3.8) is 0 Å². The van der Waals surface area contributed by atoms with E-state index in [0.29, 0.717) is 32.5 Å². The van der Waals surface area contributed by atoms with Gasteiger partial charge in [-0.05, 0) is 19.3 Å². The Morgan fingerprint density at radius 3 is 2.43 bits per heavy atom. The van der Waals surface area contributed by atoms with Crippen LogP contribution in [0.25, 0.3) is 0 Å². The van der Waals surface area contributed by atoms with E-state index >= 15 is 0 Å². The first kappa shape index (κ1) is 18.6. The van der Waals surface area contributed by atoms with E-state index in [1.54, 1.807) is 0 Å². The van der Waals surface area contributed by atoms with E-state index in [-0.39, 0.29) is 36.4 Å². The summed E-state index contributed by atoms with van der Waals surface area (Å²) in [6.07, 6.45) is 2.71. The van der Waals surface area contributed by atoms with Crippen LogP contribution in [0, 0.1) is 5.92 Å². The molecule has 0 aromatic rings. The van der Waals surface area contributed by atoms with Crippen LogP contribution in [0.3, 0.4) is 0 Å². The summed E-state index contributed by atoms with van der Waals surface area (Å²) in [6, 6.07) is -0.532. The molecule has 1 amide bonds. The Bertz CT molecular complexity index is 625. The number of carbonyl (C=O) groups is 1. The highest BCUT2D eigenvalue weighted by molar-refractivity contribution is 7.92. The molecule has 0 spiro atoms.